The molecule has 0 aliphatic carbocycles. The summed E-state index contributed by atoms with van der Waals surface area (Å²) < 4.78 is 29.0. The topological polar surface area (TPSA) is 99.6 Å². The van der Waals surface area contributed by atoms with Gasteiger partial charge in [-0.2, -0.15) is 0 Å². The van der Waals surface area contributed by atoms with Crippen molar-refractivity contribution in [3.63, 3.8) is 0 Å². The number of carbonyl (C=O) groups is 3. The second-order valence-corrected chi connectivity index (χ2v) is 18.6. The quantitative estimate of drug-likeness (QED) is 0.131. The van der Waals surface area contributed by atoms with Crippen LogP contribution in [0.4, 0.5) is 21.2 Å². The maximum absolute atomic E-state index is 16.5. The van der Waals surface area contributed by atoms with Gasteiger partial charge in [0.25, 0.3) is 5.91 Å². The van der Waals surface area contributed by atoms with Crippen LogP contribution < -0.4 is 14.5 Å². The molecule has 1 spiro atoms. The van der Waals surface area contributed by atoms with Gasteiger partial charge in [0.1, 0.15) is 5.75 Å². The molecule has 9 nitrogen and oxygen atoms in total. The number of hydrogen-bond acceptors (Lipinski definition) is 6. The number of benzene rings is 4. The van der Waals surface area contributed by atoms with Crippen LogP contribution in [-0.2, 0) is 44.2 Å². The van der Waals surface area contributed by atoms with Crippen LogP contribution in [0.25, 0.3) is 0 Å². The fourth-order valence-corrected chi connectivity index (χ4v) is 11.2. The molecule has 1 N–H and O–H groups in total. The van der Waals surface area contributed by atoms with Gasteiger partial charge >= 0.3 is 0 Å². The molecule has 3 heterocycles. The number of anilines is 3. The minimum absolute atomic E-state index is 0.00799. The average Bonchev–Trinajstić information content (AvgIpc) is 3.57. The van der Waals surface area contributed by atoms with Gasteiger partial charge in [-0.25, -0.2) is 0 Å². The van der Waals surface area contributed by atoms with E-state index in [1.165, 1.54) is 0 Å². The molecule has 1 saturated heterocycles. The normalized spacial score (nSPS) is 22.3. The van der Waals surface area contributed by atoms with Crippen molar-refractivity contribution in [2.24, 2.45) is 5.92 Å². The second kappa shape index (κ2) is 14.5. The zero-order valence-corrected chi connectivity index (χ0v) is 31.6. The van der Waals surface area contributed by atoms with Crippen molar-refractivity contribution in [1.82, 2.24) is 4.90 Å². The molecular weight excluding hydrogens is 690 g/mol. The third-order valence-corrected chi connectivity index (χ3v) is 13.5. The molecule has 3 aliphatic heterocycles. The minimum Gasteiger partial charge on any atom is -0.497 e. The van der Waals surface area contributed by atoms with Crippen molar-refractivity contribution in [1.29, 1.82) is 0 Å². The molecule has 7 rings (SSSR count). The molecule has 0 unspecified atom stereocenters. The second-order valence-electron chi connectivity index (χ2n) is 14.8. The van der Waals surface area contributed by atoms with Gasteiger partial charge in [0, 0.05) is 42.2 Å². The number of para-hydroxylation sites is 1. The third-order valence-electron chi connectivity index (χ3n) is 11.1. The maximum Gasteiger partial charge on any atom is 0.264 e. The highest BCUT2D eigenvalue weighted by Crippen LogP contribution is 2.60. The monoisotopic (exact) mass is 735 g/mol. The standard InChI is InChI=1S/C42H46FN3O6Si/c1-28-40(53(3,4)43)37(25-39(49)44(21-22-47)26-29-11-6-5-7-12-29)52-42(28)34-24-33(51-2)18-19-36(34)45(41(42)50)27-30-13-10-15-32(23-30)46-35-16-9-8-14-31(35)17-20-38(46)48/h5-16,18-19,23-24,28,37,40,47H,17,20-22,25-27H2,1-4H3/t28-,37+,40-,42+/m0/s1. The molecule has 0 bridgehead atoms. The van der Waals surface area contributed by atoms with E-state index in [9.17, 15) is 14.7 Å². The summed E-state index contributed by atoms with van der Waals surface area (Å²) in [5.74, 6) is -0.673. The molecule has 0 radical (unpaired) electrons. The van der Waals surface area contributed by atoms with Gasteiger partial charge in [0.2, 0.25) is 20.2 Å². The lowest BCUT2D eigenvalue weighted by Crippen LogP contribution is -2.45. The largest absolute Gasteiger partial charge is 0.497 e. The van der Waals surface area contributed by atoms with E-state index >= 15 is 8.90 Å². The number of fused-ring (bicyclic) bond motifs is 3. The fourth-order valence-electron chi connectivity index (χ4n) is 8.72. The molecule has 276 valence electrons. The van der Waals surface area contributed by atoms with Crippen LogP contribution in [0.3, 0.4) is 0 Å². The number of ether oxygens (including phenoxy) is 2. The van der Waals surface area contributed by atoms with E-state index in [0.717, 1.165) is 22.4 Å². The summed E-state index contributed by atoms with van der Waals surface area (Å²) in [6.07, 6.45) is 0.0795. The number of aliphatic hydroxyl groups excluding tert-OH is 1. The predicted octanol–water partition coefficient (Wildman–Crippen LogP) is 7.04. The van der Waals surface area contributed by atoms with Gasteiger partial charge in [-0.05, 0) is 72.6 Å². The maximum atomic E-state index is 16.5. The van der Waals surface area contributed by atoms with E-state index in [2.05, 4.69) is 0 Å². The molecule has 4 aromatic rings. The van der Waals surface area contributed by atoms with Gasteiger partial charge < -0.3 is 28.5 Å². The lowest BCUT2D eigenvalue weighted by Gasteiger charge is -2.31. The highest BCUT2D eigenvalue weighted by Gasteiger charge is 2.67. The van der Waals surface area contributed by atoms with Crippen molar-refractivity contribution in [3.05, 3.63) is 119 Å². The van der Waals surface area contributed by atoms with E-state index in [-0.39, 0.29) is 50.4 Å². The number of aryl methyl sites for hydroxylation is 1. The Morgan fingerprint density at radius 2 is 1.70 bits per heavy atom. The number of hydrogen-bond donors (Lipinski definition) is 1. The molecule has 53 heavy (non-hydrogen) atoms. The predicted molar refractivity (Wildman–Crippen MR) is 204 cm³/mol. The molecule has 0 aromatic heterocycles. The summed E-state index contributed by atoms with van der Waals surface area (Å²) in [7, 11) is -2.00. The number of amides is 3. The Balaban J connectivity index is 1.23. The van der Waals surface area contributed by atoms with Crippen LogP contribution >= 0.6 is 0 Å². The highest BCUT2D eigenvalue weighted by atomic mass is 28.4. The first-order valence-electron chi connectivity index (χ1n) is 18.3. The Morgan fingerprint density at radius 3 is 2.43 bits per heavy atom. The van der Waals surface area contributed by atoms with Crippen LogP contribution in [0.1, 0.15) is 42.0 Å². The van der Waals surface area contributed by atoms with Crippen molar-refractivity contribution in [2.45, 2.75) is 69.6 Å². The Morgan fingerprint density at radius 1 is 0.962 bits per heavy atom. The van der Waals surface area contributed by atoms with Crippen molar-refractivity contribution in [3.8, 4) is 5.75 Å². The molecule has 4 aromatic carbocycles. The first-order chi connectivity index (χ1) is 25.5. The highest BCUT2D eigenvalue weighted by molar-refractivity contribution is 6.72. The number of nitrogens with zero attached hydrogens (tertiary/aromatic N) is 3. The van der Waals surface area contributed by atoms with E-state index in [0.29, 0.717) is 35.5 Å². The SMILES string of the molecule is COc1ccc2c(c1)[C@@]1(O[C@H](CC(=O)N(CCO)Cc3ccccc3)[C@@H]([Si](C)(C)F)[C@@H]1C)C(=O)N2Cc1cccc(N2C(=O)CCc3ccccc32)c1. The van der Waals surface area contributed by atoms with Gasteiger partial charge in [-0.1, -0.05) is 67.6 Å². The smallest absolute Gasteiger partial charge is 0.264 e. The summed E-state index contributed by atoms with van der Waals surface area (Å²) >= 11 is 0. The average molecular weight is 736 g/mol. The van der Waals surface area contributed by atoms with Crippen LogP contribution in [0.5, 0.6) is 5.75 Å². The molecule has 11 heteroatoms. The Bertz CT molecular complexity index is 2020. The molecule has 3 amide bonds. The number of halogens is 1. The van der Waals surface area contributed by atoms with Crippen LogP contribution in [-0.4, -0.2) is 62.5 Å². The molecule has 0 saturated carbocycles. The summed E-state index contributed by atoms with van der Waals surface area (Å²) in [5.41, 5.74) is 3.35. The van der Waals surface area contributed by atoms with E-state index in [1.54, 1.807) is 47.0 Å². The Labute approximate surface area is 311 Å². The lowest BCUT2D eigenvalue weighted by atomic mass is 9.82. The van der Waals surface area contributed by atoms with E-state index in [1.807, 2.05) is 91.9 Å². The fraction of sp³-hybridized carbons (Fsp3) is 0.357. The number of carbonyl (C=O) groups excluding carboxylic acids is 3. The minimum atomic E-state index is -3.55. The van der Waals surface area contributed by atoms with Crippen molar-refractivity contribution >= 4 is 43.2 Å². The first kappa shape index (κ1) is 36.5. The molecule has 3 aliphatic rings. The summed E-state index contributed by atoms with van der Waals surface area (Å²) in [6, 6.07) is 30.5. The van der Waals surface area contributed by atoms with E-state index < -0.39 is 31.6 Å². The zero-order valence-electron chi connectivity index (χ0n) is 30.6. The summed E-state index contributed by atoms with van der Waals surface area (Å²) in [4.78, 5) is 47.2. The Kier molecular flexibility index (Phi) is 10.0. The number of rotatable bonds is 11. The molecule has 1 fully saturated rings. The van der Waals surface area contributed by atoms with Crippen molar-refractivity contribution < 1.29 is 33.1 Å². The van der Waals surface area contributed by atoms with Gasteiger partial charge in [0.05, 0.1) is 44.2 Å². The summed E-state index contributed by atoms with van der Waals surface area (Å²) in [5, 5.41) is 9.85. The molecular formula is C42H46FN3O6Si. The van der Waals surface area contributed by atoms with Crippen molar-refractivity contribution in [2.75, 3.05) is 30.1 Å². The number of methoxy groups -OCH3 is 1. The van der Waals surface area contributed by atoms with E-state index in [4.69, 9.17) is 9.47 Å². The summed E-state index contributed by atoms with van der Waals surface area (Å²) in [6.45, 7) is 5.44. The van der Waals surface area contributed by atoms with Gasteiger partial charge in [-0.3, -0.25) is 19.3 Å². The molecule has 4 atom stereocenters. The number of aliphatic hydroxyl groups is 1. The van der Waals surface area contributed by atoms with Crippen LogP contribution in [0.15, 0.2) is 97.1 Å². The van der Waals surface area contributed by atoms with Crippen LogP contribution in [0, 0.1) is 5.92 Å². The third kappa shape index (κ3) is 6.66. The zero-order chi connectivity index (χ0) is 37.5. The Hall–Kier alpha value is -4.84. The van der Waals surface area contributed by atoms with Gasteiger partial charge in [-0.15, -0.1) is 0 Å². The lowest BCUT2D eigenvalue weighted by molar-refractivity contribution is -0.150. The van der Waals surface area contributed by atoms with Crippen LogP contribution in [0.2, 0.25) is 18.6 Å². The van der Waals surface area contributed by atoms with Gasteiger partial charge in [0.15, 0.2) is 5.60 Å². The first-order valence-corrected chi connectivity index (χ1v) is 21.2.